The summed E-state index contributed by atoms with van der Waals surface area (Å²) in [5.74, 6) is 0.634. The molecule has 100 valence electrons. The van der Waals surface area contributed by atoms with Crippen LogP contribution in [0.15, 0.2) is 12.3 Å². The highest BCUT2D eigenvalue weighted by Gasteiger charge is 2.38. The predicted octanol–water partition coefficient (Wildman–Crippen LogP) is 2.11. The molecule has 1 aliphatic rings. The third-order valence-corrected chi connectivity index (χ3v) is 4.15. The molecular formula is C14H23N3O. The lowest BCUT2D eigenvalue weighted by molar-refractivity contribution is 0.0696. The van der Waals surface area contributed by atoms with Crippen molar-refractivity contribution in [2.24, 2.45) is 11.3 Å². The number of nitrogens with zero attached hydrogens (tertiary/aromatic N) is 2. The monoisotopic (exact) mass is 249 g/mol. The van der Waals surface area contributed by atoms with Crippen LogP contribution in [0.5, 0.6) is 0 Å². The second-order valence-electron chi connectivity index (χ2n) is 5.63. The first-order valence-electron chi connectivity index (χ1n) is 6.84. The first-order valence-corrected chi connectivity index (χ1v) is 6.84. The van der Waals surface area contributed by atoms with Gasteiger partial charge < -0.3 is 5.32 Å². The van der Waals surface area contributed by atoms with E-state index in [1.54, 1.807) is 10.9 Å². The Morgan fingerprint density at radius 1 is 1.61 bits per heavy atom. The van der Waals surface area contributed by atoms with Crippen LogP contribution in [0.25, 0.3) is 0 Å². The molecule has 1 aromatic heterocycles. The normalized spacial score (nSPS) is 20.9. The van der Waals surface area contributed by atoms with Crippen molar-refractivity contribution in [3.8, 4) is 0 Å². The van der Waals surface area contributed by atoms with Gasteiger partial charge in [0.05, 0.1) is 0 Å². The summed E-state index contributed by atoms with van der Waals surface area (Å²) in [7, 11) is 0. The maximum absolute atomic E-state index is 12.7. The number of aryl methyl sites for hydroxylation is 1. The molecule has 2 heterocycles. The second kappa shape index (κ2) is 5.22. The van der Waals surface area contributed by atoms with Gasteiger partial charge in [0.2, 0.25) is 0 Å². The van der Waals surface area contributed by atoms with Crippen molar-refractivity contribution in [2.45, 2.75) is 40.2 Å². The van der Waals surface area contributed by atoms with Crippen LogP contribution in [-0.2, 0) is 6.54 Å². The van der Waals surface area contributed by atoms with Crippen LogP contribution in [0.1, 0.15) is 44.1 Å². The van der Waals surface area contributed by atoms with E-state index in [1.165, 1.54) is 0 Å². The fourth-order valence-corrected chi connectivity index (χ4v) is 2.76. The van der Waals surface area contributed by atoms with Gasteiger partial charge in [-0.05, 0) is 44.8 Å². The van der Waals surface area contributed by atoms with Crippen LogP contribution < -0.4 is 5.32 Å². The average Bonchev–Trinajstić information content (AvgIpc) is 2.87. The second-order valence-corrected chi connectivity index (χ2v) is 5.63. The Kier molecular flexibility index (Phi) is 3.85. The molecule has 0 aromatic carbocycles. The van der Waals surface area contributed by atoms with Crippen LogP contribution in [0.4, 0.5) is 0 Å². The molecule has 1 aliphatic heterocycles. The van der Waals surface area contributed by atoms with Crippen molar-refractivity contribution in [2.75, 3.05) is 13.1 Å². The third kappa shape index (κ3) is 2.34. The summed E-state index contributed by atoms with van der Waals surface area (Å²) in [4.78, 5) is 12.7. The van der Waals surface area contributed by atoms with Gasteiger partial charge in [0, 0.05) is 18.2 Å². The molecule has 0 bridgehead atoms. The topological polar surface area (TPSA) is 46.9 Å². The number of ketones is 1. The largest absolute Gasteiger partial charge is 0.316 e. The van der Waals surface area contributed by atoms with Crippen molar-refractivity contribution < 1.29 is 4.79 Å². The van der Waals surface area contributed by atoms with Crippen molar-refractivity contribution in [1.82, 2.24) is 15.1 Å². The molecule has 1 unspecified atom stereocenters. The molecular weight excluding hydrogens is 226 g/mol. The minimum atomic E-state index is -0.319. The lowest BCUT2D eigenvalue weighted by atomic mass is 9.71. The molecule has 4 nitrogen and oxygen atoms in total. The van der Waals surface area contributed by atoms with E-state index >= 15 is 0 Å². The Bertz CT molecular complexity index is 416. The Morgan fingerprint density at radius 2 is 2.39 bits per heavy atom. The maximum atomic E-state index is 12.7. The molecule has 0 radical (unpaired) electrons. The molecule has 0 spiro atoms. The molecule has 1 atom stereocenters. The highest BCUT2D eigenvalue weighted by molar-refractivity contribution is 5.98. The Hall–Kier alpha value is -1.16. The van der Waals surface area contributed by atoms with Crippen LogP contribution >= 0.6 is 0 Å². The number of hydrogen-bond acceptors (Lipinski definition) is 3. The zero-order chi connectivity index (χ0) is 13.2. The standard InChI is InChI=1S/C14H23N3O/c1-4-17-12(7-9-16-17)13(18)14(2,3)11-6-5-8-15-10-11/h7,9,11,15H,4-6,8,10H2,1-3H3. The van der Waals surface area contributed by atoms with Gasteiger partial charge >= 0.3 is 0 Å². The zero-order valence-corrected chi connectivity index (χ0v) is 11.6. The van der Waals surface area contributed by atoms with Gasteiger partial charge in [-0.1, -0.05) is 13.8 Å². The SMILES string of the molecule is CCn1nccc1C(=O)C(C)(C)C1CCCNC1. The van der Waals surface area contributed by atoms with Crippen LogP contribution in [0.2, 0.25) is 0 Å². The van der Waals surface area contributed by atoms with Gasteiger partial charge in [-0.3, -0.25) is 9.48 Å². The summed E-state index contributed by atoms with van der Waals surface area (Å²) in [5.41, 5.74) is 0.425. The number of nitrogens with one attached hydrogen (secondary N) is 1. The molecule has 1 N–H and O–H groups in total. The summed E-state index contributed by atoms with van der Waals surface area (Å²) < 4.78 is 1.79. The number of piperidine rings is 1. The summed E-state index contributed by atoms with van der Waals surface area (Å²) >= 11 is 0. The first kappa shape index (κ1) is 13.3. The summed E-state index contributed by atoms with van der Waals surface area (Å²) in [6.45, 7) is 8.92. The molecule has 18 heavy (non-hydrogen) atoms. The van der Waals surface area contributed by atoms with E-state index in [0.29, 0.717) is 5.92 Å². The number of Topliss-reactive ketones (excluding diaryl/α,β-unsaturated/α-hetero) is 1. The number of carbonyl (C=O) groups is 1. The highest BCUT2D eigenvalue weighted by atomic mass is 16.1. The fourth-order valence-electron chi connectivity index (χ4n) is 2.76. The van der Waals surface area contributed by atoms with Gasteiger partial charge in [-0.15, -0.1) is 0 Å². The van der Waals surface area contributed by atoms with E-state index in [4.69, 9.17) is 0 Å². The smallest absolute Gasteiger partial charge is 0.186 e. The Labute approximate surface area is 109 Å². The number of hydrogen-bond donors (Lipinski definition) is 1. The van der Waals surface area contributed by atoms with Crippen LogP contribution in [0.3, 0.4) is 0 Å². The van der Waals surface area contributed by atoms with Gasteiger partial charge in [-0.2, -0.15) is 5.10 Å². The third-order valence-electron chi connectivity index (χ3n) is 4.15. The zero-order valence-electron chi connectivity index (χ0n) is 11.6. The minimum absolute atomic E-state index is 0.218. The average molecular weight is 249 g/mol. The molecule has 1 fully saturated rings. The minimum Gasteiger partial charge on any atom is -0.316 e. The number of rotatable bonds is 4. The van der Waals surface area contributed by atoms with E-state index in [1.807, 2.05) is 13.0 Å². The number of aromatic nitrogens is 2. The summed E-state index contributed by atoms with van der Waals surface area (Å²) in [6, 6.07) is 1.84. The molecule has 1 saturated heterocycles. The molecule has 2 rings (SSSR count). The summed E-state index contributed by atoms with van der Waals surface area (Å²) in [6.07, 6.45) is 4.01. The van der Waals surface area contributed by atoms with Crippen LogP contribution in [-0.4, -0.2) is 28.7 Å². The van der Waals surface area contributed by atoms with Gasteiger partial charge in [0.15, 0.2) is 5.78 Å². The van der Waals surface area contributed by atoms with E-state index in [-0.39, 0.29) is 11.2 Å². The lowest BCUT2D eigenvalue weighted by Crippen LogP contribution is -2.43. The van der Waals surface area contributed by atoms with Crippen molar-refractivity contribution >= 4 is 5.78 Å². The van der Waals surface area contributed by atoms with Crippen molar-refractivity contribution in [3.05, 3.63) is 18.0 Å². The van der Waals surface area contributed by atoms with E-state index in [0.717, 1.165) is 38.2 Å². The van der Waals surface area contributed by atoms with E-state index in [2.05, 4.69) is 24.3 Å². The molecule has 0 saturated carbocycles. The van der Waals surface area contributed by atoms with E-state index in [9.17, 15) is 4.79 Å². The molecule has 1 aromatic rings. The summed E-state index contributed by atoms with van der Waals surface area (Å²) in [5, 5.41) is 7.59. The molecule has 0 aliphatic carbocycles. The lowest BCUT2D eigenvalue weighted by Gasteiger charge is -2.36. The van der Waals surface area contributed by atoms with Crippen LogP contribution in [0, 0.1) is 11.3 Å². The Balaban J connectivity index is 2.20. The van der Waals surface area contributed by atoms with Crippen molar-refractivity contribution in [3.63, 3.8) is 0 Å². The Morgan fingerprint density at radius 3 is 3.00 bits per heavy atom. The van der Waals surface area contributed by atoms with Gasteiger partial charge in [0.1, 0.15) is 5.69 Å². The quantitative estimate of drug-likeness (QED) is 0.831. The molecule has 4 heteroatoms. The predicted molar refractivity (Wildman–Crippen MR) is 71.6 cm³/mol. The maximum Gasteiger partial charge on any atom is 0.186 e. The molecule has 0 amide bonds. The van der Waals surface area contributed by atoms with E-state index < -0.39 is 0 Å². The highest BCUT2D eigenvalue weighted by Crippen LogP contribution is 2.34. The van der Waals surface area contributed by atoms with Gasteiger partial charge in [-0.25, -0.2) is 0 Å². The first-order chi connectivity index (χ1) is 8.57. The van der Waals surface area contributed by atoms with Gasteiger partial charge in [0.25, 0.3) is 0 Å². The number of carbonyl (C=O) groups excluding carboxylic acids is 1. The fraction of sp³-hybridized carbons (Fsp3) is 0.714. The van der Waals surface area contributed by atoms with Crippen molar-refractivity contribution in [1.29, 1.82) is 0 Å².